The van der Waals surface area contributed by atoms with Crippen LogP contribution in [0, 0.1) is 6.92 Å². The minimum absolute atomic E-state index is 0.0125. The highest BCUT2D eigenvalue weighted by Gasteiger charge is 2.17. The van der Waals surface area contributed by atoms with Crippen LogP contribution in [0.1, 0.15) is 12.5 Å². The molecule has 1 saturated heterocycles. The topological polar surface area (TPSA) is 44.8 Å². The molecule has 0 aromatic heterocycles. The third-order valence-electron chi connectivity index (χ3n) is 4.82. The molecule has 27 heavy (non-hydrogen) atoms. The van der Waals surface area contributed by atoms with E-state index < -0.39 is 0 Å². The zero-order valence-corrected chi connectivity index (χ0v) is 17.5. The molecule has 1 aliphatic rings. The molecule has 0 bridgehead atoms. The number of nitrogens with one attached hydrogen (secondary N) is 1. The Bertz CT molecular complexity index is 771. The fraction of sp³-hybridized carbons (Fsp3) is 0.381. The first-order valence-electron chi connectivity index (χ1n) is 9.31. The van der Waals surface area contributed by atoms with Gasteiger partial charge in [-0.3, -0.25) is 4.79 Å². The van der Waals surface area contributed by atoms with Gasteiger partial charge in [0.2, 0.25) is 0 Å². The lowest BCUT2D eigenvalue weighted by atomic mass is 10.1. The summed E-state index contributed by atoms with van der Waals surface area (Å²) in [5, 5.41) is 2.91. The number of aryl methyl sites for hydroxylation is 1. The van der Waals surface area contributed by atoms with Gasteiger partial charge < -0.3 is 19.9 Å². The average molecular weight is 432 g/mol. The maximum absolute atomic E-state index is 12.2. The Morgan fingerprint density at radius 1 is 1.11 bits per heavy atom. The van der Waals surface area contributed by atoms with Crippen molar-refractivity contribution < 1.29 is 9.53 Å². The Balaban J connectivity index is 1.54. The number of anilines is 2. The van der Waals surface area contributed by atoms with Crippen LogP contribution in [-0.4, -0.2) is 50.1 Å². The van der Waals surface area contributed by atoms with E-state index in [1.54, 1.807) is 0 Å². The van der Waals surface area contributed by atoms with Crippen molar-refractivity contribution in [1.29, 1.82) is 0 Å². The Kier molecular flexibility index (Phi) is 6.74. The van der Waals surface area contributed by atoms with E-state index in [0.717, 1.165) is 42.9 Å². The van der Waals surface area contributed by atoms with Crippen molar-refractivity contribution in [3.63, 3.8) is 0 Å². The molecular weight excluding hydrogens is 406 g/mol. The van der Waals surface area contributed by atoms with Crippen molar-refractivity contribution in [2.45, 2.75) is 13.8 Å². The predicted octanol–water partition coefficient (Wildman–Crippen LogP) is 3.92. The van der Waals surface area contributed by atoms with Gasteiger partial charge in [0.05, 0.1) is 0 Å². The third-order valence-corrected chi connectivity index (χ3v) is 5.35. The summed E-state index contributed by atoms with van der Waals surface area (Å²) < 4.78 is 6.50. The molecule has 3 rings (SSSR count). The van der Waals surface area contributed by atoms with E-state index in [-0.39, 0.29) is 12.5 Å². The monoisotopic (exact) mass is 431 g/mol. The van der Waals surface area contributed by atoms with E-state index in [0.29, 0.717) is 5.75 Å². The maximum Gasteiger partial charge on any atom is 0.262 e. The molecule has 1 N–H and O–H groups in total. The van der Waals surface area contributed by atoms with Gasteiger partial charge in [0, 0.05) is 42.0 Å². The summed E-state index contributed by atoms with van der Waals surface area (Å²) in [4.78, 5) is 17.0. The molecule has 0 radical (unpaired) electrons. The number of nitrogens with zero attached hydrogens (tertiary/aromatic N) is 2. The van der Waals surface area contributed by atoms with Gasteiger partial charge in [-0.2, -0.15) is 0 Å². The number of hydrogen-bond donors (Lipinski definition) is 1. The Labute approximate surface area is 169 Å². The number of carbonyl (C=O) groups excluding carboxylic acids is 1. The number of benzene rings is 2. The molecule has 1 heterocycles. The second kappa shape index (κ2) is 9.24. The highest BCUT2D eigenvalue weighted by atomic mass is 79.9. The lowest BCUT2D eigenvalue weighted by Gasteiger charge is -2.36. The van der Waals surface area contributed by atoms with Crippen LogP contribution in [0.25, 0.3) is 0 Å². The molecule has 0 aliphatic carbocycles. The summed E-state index contributed by atoms with van der Waals surface area (Å²) in [6.45, 7) is 9.68. The van der Waals surface area contributed by atoms with Crippen LogP contribution in [0.5, 0.6) is 5.75 Å². The number of piperazine rings is 1. The van der Waals surface area contributed by atoms with Gasteiger partial charge in [0.25, 0.3) is 5.91 Å². The van der Waals surface area contributed by atoms with Gasteiger partial charge in [-0.25, -0.2) is 0 Å². The fourth-order valence-electron chi connectivity index (χ4n) is 3.27. The quantitative estimate of drug-likeness (QED) is 0.752. The lowest BCUT2D eigenvalue weighted by Crippen LogP contribution is -2.46. The molecule has 0 saturated carbocycles. The van der Waals surface area contributed by atoms with Crippen LogP contribution in [0.15, 0.2) is 46.9 Å². The van der Waals surface area contributed by atoms with E-state index in [4.69, 9.17) is 4.74 Å². The van der Waals surface area contributed by atoms with E-state index in [1.807, 2.05) is 36.4 Å². The summed E-state index contributed by atoms with van der Waals surface area (Å²) >= 11 is 3.38. The number of carbonyl (C=O) groups is 1. The van der Waals surface area contributed by atoms with E-state index in [2.05, 4.69) is 51.0 Å². The second-order valence-electron chi connectivity index (χ2n) is 6.71. The minimum atomic E-state index is -0.165. The van der Waals surface area contributed by atoms with E-state index >= 15 is 0 Å². The Hall–Kier alpha value is -2.05. The smallest absolute Gasteiger partial charge is 0.262 e. The van der Waals surface area contributed by atoms with Crippen molar-refractivity contribution >= 4 is 33.2 Å². The lowest BCUT2D eigenvalue weighted by molar-refractivity contribution is -0.118. The number of rotatable bonds is 6. The summed E-state index contributed by atoms with van der Waals surface area (Å²) in [7, 11) is 0. The molecule has 1 fully saturated rings. The molecule has 5 nitrogen and oxygen atoms in total. The SMILES string of the molecule is CCN1CCN(c2ccc(NC(=O)COc3ccc(Br)cc3)cc2C)CC1. The van der Waals surface area contributed by atoms with Crippen molar-refractivity contribution in [3.05, 3.63) is 52.5 Å². The van der Waals surface area contributed by atoms with Gasteiger partial charge in [-0.1, -0.05) is 22.9 Å². The first-order valence-corrected chi connectivity index (χ1v) is 10.1. The zero-order chi connectivity index (χ0) is 19.2. The molecule has 144 valence electrons. The maximum atomic E-state index is 12.2. The predicted molar refractivity (Wildman–Crippen MR) is 114 cm³/mol. The summed E-state index contributed by atoms with van der Waals surface area (Å²) in [6, 6.07) is 13.5. The van der Waals surface area contributed by atoms with Crippen LogP contribution in [0.4, 0.5) is 11.4 Å². The highest BCUT2D eigenvalue weighted by molar-refractivity contribution is 9.10. The molecule has 2 aromatic carbocycles. The van der Waals surface area contributed by atoms with E-state index in [9.17, 15) is 4.79 Å². The van der Waals surface area contributed by atoms with Crippen LogP contribution < -0.4 is 15.0 Å². The number of hydrogen-bond acceptors (Lipinski definition) is 4. The molecule has 2 aromatic rings. The summed E-state index contributed by atoms with van der Waals surface area (Å²) in [5.74, 6) is 0.507. The normalized spacial score (nSPS) is 14.9. The van der Waals surface area contributed by atoms with E-state index in [1.165, 1.54) is 11.3 Å². The molecule has 0 unspecified atom stereocenters. The average Bonchev–Trinajstić information content (AvgIpc) is 2.68. The molecule has 1 aliphatic heterocycles. The van der Waals surface area contributed by atoms with Gasteiger partial charge in [0.1, 0.15) is 5.75 Å². The first kappa shape index (κ1) is 19.7. The van der Waals surface area contributed by atoms with Gasteiger partial charge in [0.15, 0.2) is 6.61 Å². The summed E-state index contributed by atoms with van der Waals surface area (Å²) in [6.07, 6.45) is 0. The van der Waals surface area contributed by atoms with Gasteiger partial charge >= 0.3 is 0 Å². The third kappa shape index (κ3) is 5.47. The number of likely N-dealkylation sites (N-methyl/N-ethyl adjacent to an activating group) is 1. The van der Waals surface area contributed by atoms with Crippen molar-refractivity contribution in [1.82, 2.24) is 4.90 Å². The Morgan fingerprint density at radius 2 is 1.81 bits per heavy atom. The van der Waals surface area contributed by atoms with Gasteiger partial charge in [-0.05, 0) is 61.5 Å². The number of ether oxygens (including phenoxy) is 1. The first-order chi connectivity index (χ1) is 13.0. The fourth-order valence-corrected chi connectivity index (χ4v) is 3.53. The molecule has 0 atom stereocenters. The second-order valence-corrected chi connectivity index (χ2v) is 7.63. The van der Waals surface area contributed by atoms with Crippen molar-refractivity contribution in [2.75, 3.05) is 49.5 Å². The number of halogens is 1. The molecule has 1 amide bonds. The largest absolute Gasteiger partial charge is 0.484 e. The van der Waals surface area contributed by atoms with Crippen LogP contribution in [0.2, 0.25) is 0 Å². The van der Waals surface area contributed by atoms with Crippen LogP contribution in [0.3, 0.4) is 0 Å². The highest BCUT2D eigenvalue weighted by Crippen LogP contribution is 2.25. The standard InChI is InChI=1S/C21H26BrN3O2/c1-3-24-10-12-25(13-11-24)20-9-6-18(14-16(20)2)23-21(26)15-27-19-7-4-17(22)5-8-19/h4-9,14H,3,10-13,15H2,1-2H3,(H,23,26). The molecule has 0 spiro atoms. The van der Waals surface area contributed by atoms with Crippen molar-refractivity contribution in [3.8, 4) is 5.75 Å². The van der Waals surface area contributed by atoms with Crippen LogP contribution in [-0.2, 0) is 4.79 Å². The van der Waals surface area contributed by atoms with Crippen LogP contribution >= 0.6 is 15.9 Å². The van der Waals surface area contributed by atoms with Gasteiger partial charge in [-0.15, -0.1) is 0 Å². The van der Waals surface area contributed by atoms with Crippen molar-refractivity contribution in [2.24, 2.45) is 0 Å². The Morgan fingerprint density at radius 3 is 2.44 bits per heavy atom. The number of amides is 1. The minimum Gasteiger partial charge on any atom is -0.484 e. The summed E-state index contributed by atoms with van der Waals surface area (Å²) in [5.41, 5.74) is 3.22. The molecular formula is C21H26BrN3O2. The molecule has 6 heteroatoms. The zero-order valence-electron chi connectivity index (χ0n) is 15.9.